The first-order valence-electron chi connectivity index (χ1n) is 6.72. The van der Waals surface area contributed by atoms with Crippen LogP contribution in [0.15, 0.2) is 18.3 Å². The van der Waals surface area contributed by atoms with Crippen molar-refractivity contribution in [1.82, 2.24) is 10.3 Å². The Balaban J connectivity index is 1.91. The summed E-state index contributed by atoms with van der Waals surface area (Å²) in [6, 6.07) is 3.40. The molecule has 2 N–H and O–H groups in total. The van der Waals surface area contributed by atoms with Gasteiger partial charge in [-0.05, 0) is 31.9 Å². The molecule has 1 atom stereocenters. The van der Waals surface area contributed by atoms with Gasteiger partial charge in [0.2, 0.25) is 0 Å². The molecule has 6 nitrogen and oxygen atoms in total. The maximum atomic E-state index is 11.9. The third-order valence-corrected chi connectivity index (χ3v) is 5.61. The van der Waals surface area contributed by atoms with Crippen molar-refractivity contribution in [2.75, 3.05) is 24.2 Å². The Bertz CT molecular complexity index is 569. The molecule has 2 rings (SSSR count). The molecule has 1 unspecified atom stereocenters. The lowest BCUT2D eigenvalue weighted by Crippen LogP contribution is -2.34. The first kappa shape index (κ1) is 14.8. The Morgan fingerprint density at radius 2 is 2.25 bits per heavy atom. The predicted octanol–water partition coefficient (Wildman–Crippen LogP) is 0.820. The second-order valence-corrected chi connectivity index (χ2v) is 7.20. The molecule has 1 aliphatic rings. The SMILES string of the molecule is CCNc1ccc(C(=O)NCC2CCCS2(=O)=O)nc1. The maximum absolute atomic E-state index is 11.9. The van der Waals surface area contributed by atoms with Crippen LogP contribution in [0.3, 0.4) is 0 Å². The lowest BCUT2D eigenvalue weighted by atomic mass is 10.2. The number of anilines is 1. The summed E-state index contributed by atoms with van der Waals surface area (Å²) in [5.41, 5.74) is 1.14. The first-order chi connectivity index (χ1) is 9.53. The molecule has 2 heterocycles. The van der Waals surface area contributed by atoms with Crippen molar-refractivity contribution in [3.05, 3.63) is 24.0 Å². The zero-order valence-corrected chi connectivity index (χ0v) is 12.2. The van der Waals surface area contributed by atoms with E-state index in [2.05, 4.69) is 15.6 Å². The van der Waals surface area contributed by atoms with E-state index in [0.29, 0.717) is 18.5 Å². The van der Waals surface area contributed by atoms with E-state index in [1.807, 2.05) is 6.92 Å². The van der Waals surface area contributed by atoms with E-state index in [1.165, 1.54) is 0 Å². The zero-order chi connectivity index (χ0) is 14.6. The van der Waals surface area contributed by atoms with Gasteiger partial charge in [0.25, 0.3) is 5.91 Å². The van der Waals surface area contributed by atoms with Crippen molar-refractivity contribution in [3.8, 4) is 0 Å². The van der Waals surface area contributed by atoms with Gasteiger partial charge in [0.05, 0.1) is 22.9 Å². The van der Waals surface area contributed by atoms with Crippen molar-refractivity contribution in [3.63, 3.8) is 0 Å². The minimum atomic E-state index is -3.02. The highest BCUT2D eigenvalue weighted by molar-refractivity contribution is 7.92. The molecule has 0 spiro atoms. The quantitative estimate of drug-likeness (QED) is 0.840. The number of pyridine rings is 1. The molecular formula is C13H19N3O3S. The Kier molecular flexibility index (Phi) is 4.59. The average molecular weight is 297 g/mol. The van der Waals surface area contributed by atoms with Gasteiger partial charge in [-0.3, -0.25) is 4.79 Å². The first-order valence-corrected chi connectivity index (χ1v) is 8.44. The van der Waals surface area contributed by atoms with Crippen molar-refractivity contribution < 1.29 is 13.2 Å². The van der Waals surface area contributed by atoms with E-state index < -0.39 is 15.1 Å². The van der Waals surface area contributed by atoms with Gasteiger partial charge in [-0.1, -0.05) is 0 Å². The van der Waals surface area contributed by atoms with Gasteiger partial charge in [-0.15, -0.1) is 0 Å². The van der Waals surface area contributed by atoms with Gasteiger partial charge >= 0.3 is 0 Å². The molecule has 1 fully saturated rings. The number of sulfone groups is 1. The standard InChI is InChI=1S/C13H19N3O3S/c1-2-14-10-5-6-12(15-8-10)13(17)16-9-11-4-3-7-20(11,18)19/h5-6,8,11,14H,2-4,7,9H2,1H3,(H,16,17). The summed E-state index contributed by atoms with van der Waals surface area (Å²) in [5, 5.41) is 5.28. The van der Waals surface area contributed by atoms with Crippen LogP contribution in [-0.4, -0.2) is 43.4 Å². The fourth-order valence-electron chi connectivity index (χ4n) is 2.22. The minimum absolute atomic E-state index is 0.164. The topological polar surface area (TPSA) is 88.2 Å². The fourth-order valence-corrected chi connectivity index (χ4v) is 3.99. The largest absolute Gasteiger partial charge is 0.384 e. The van der Waals surface area contributed by atoms with E-state index in [1.54, 1.807) is 18.3 Å². The van der Waals surface area contributed by atoms with Crippen molar-refractivity contribution in [1.29, 1.82) is 0 Å². The van der Waals surface area contributed by atoms with Gasteiger partial charge in [0.1, 0.15) is 5.69 Å². The third-order valence-electron chi connectivity index (χ3n) is 3.33. The zero-order valence-electron chi connectivity index (χ0n) is 11.4. The Labute approximate surface area is 118 Å². The van der Waals surface area contributed by atoms with Gasteiger partial charge in [0.15, 0.2) is 9.84 Å². The van der Waals surface area contributed by atoms with Gasteiger partial charge in [-0.2, -0.15) is 0 Å². The normalized spacial score (nSPS) is 20.6. The molecule has 0 bridgehead atoms. The molecule has 110 valence electrons. The van der Waals surface area contributed by atoms with Gasteiger partial charge < -0.3 is 10.6 Å². The number of aromatic nitrogens is 1. The molecule has 1 aromatic rings. The fraction of sp³-hybridized carbons (Fsp3) is 0.538. The molecule has 0 radical (unpaired) electrons. The van der Waals surface area contributed by atoms with Crippen LogP contribution >= 0.6 is 0 Å². The number of rotatable bonds is 5. The summed E-state index contributed by atoms with van der Waals surface area (Å²) in [6.45, 7) is 2.92. The van der Waals surface area contributed by atoms with Gasteiger partial charge in [0, 0.05) is 13.1 Å². The Morgan fingerprint density at radius 1 is 1.45 bits per heavy atom. The molecule has 1 aliphatic heterocycles. The minimum Gasteiger partial charge on any atom is -0.384 e. The van der Waals surface area contributed by atoms with E-state index in [0.717, 1.165) is 12.2 Å². The van der Waals surface area contributed by atoms with Crippen LogP contribution in [0.2, 0.25) is 0 Å². The van der Waals surface area contributed by atoms with Crippen LogP contribution in [0.25, 0.3) is 0 Å². The maximum Gasteiger partial charge on any atom is 0.269 e. The molecule has 1 saturated heterocycles. The number of nitrogens with one attached hydrogen (secondary N) is 2. The second-order valence-electron chi connectivity index (χ2n) is 4.80. The number of carbonyl (C=O) groups is 1. The van der Waals surface area contributed by atoms with Gasteiger partial charge in [-0.25, -0.2) is 13.4 Å². The number of hydrogen-bond donors (Lipinski definition) is 2. The van der Waals surface area contributed by atoms with E-state index in [9.17, 15) is 13.2 Å². The van der Waals surface area contributed by atoms with Crippen molar-refractivity contribution >= 4 is 21.4 Å². The summed E-state index contributed by atoms with van der Waals surface area (Å²) in [4.78, 5) is 15.9. The second kappa shape index (κ2) is 6.21. The summed E-state index contributed by atoms with van der Waals surface area (Å²) >= 11 is 0. The molecule has 7 heteroatoms. The van der Waals surface area contributed by atoms with E-state index in [4.69, 9.17) is 0 Å². The average Bonchev–Trinajstić information content (AvgIpc) is 2.76. The van der Waals surface area contributed by atoms with Crippen LogP contribution in [-0.2, 0) is 9.84 Å². The number of nitrogens with zero attached hydrogens (tertiary/aromatic N) is 1. The molecular weight excluding hydrogens is 278 g/mol. The smallest absolute Gasteiger partial charge is 0.269 e. The number of amides is 1. The highest BCUT2D eigenvalue weighted by Crippen LogP contribution is 2.19. The van der Waals surface area contributed by atoms with Crippen molar-refractivity contribution in [2.24, 2.45) is 0 Å². The highest BCUT2D eigenvalue weighted by Gasteiger charge is 2.31. The molecule has 1 aromatic heterocycles. The number of hydrogen-bond acceptors (Lipinski definition) is 5. The monoisotopic (exact) mass is 297 g/mol. The lowest BCUT2D eigenvalue weighted by molar-refractivity contribution is 0.0948. The van der Waals surface area contributed by atoms with Crippen LogP contribution in [0.5, 0.6) is 0 Å². The molecule has 0 aliphatic carbocycles. The van der Waals surface area contributed by atoms with Crippen LogP contribution in [0, 0.1) is 0 Å². The van der Waals surface area contributed by atoms with E-state index in [-0.39, 0.29) is 18.2 Å². The molecule has 0 aromatic carbocycles. The van der Waals surface area contributed by atoms with E-state index >= 15 is 0 Å². The Hall–Kier alpha value is -1.63. The highest BCUT2D eigenvalue weighted by atomic mass is 32.2. The lowest BCUT2D eigenvalue weighted by Gasteiger charge is -2.10. The Morgan fingerprint density at radius 3 is 2.80 bits per heavy atom. The van der Waals surface area contributed by atoms with Crippen LogP contribution in [0.1, 0.15) is 30.3 Å². The predicted molar refractivity (Wildman–Crippen MR) is 77.5 cm³/mol. The molecule has 20 heavy (non-hydrogen) atoms. The van der Waals surface area contributed by atoms with Crippen LogP contribution < -0.4 is 10.6 Å². The summed E-state index contributed by atoms with van der Waals surface area (Å²) in [6.07, 6.45) is 2.89. The van der Waals surface area contributed by atoms with Crippen molar-refractivity contribution in [2.45, 2.75) is 25.0 Å². The number of carbonyl (C=O) groups excluding carboxylic acids is 1. The van der Waals surface area contributed by atoms with Crippen LogP contribution in [0.4, 0.5) is 5.69 Å². The molecule has 1 amide bonds. The summed E-state index contributed by atoms with van der Waals surface area (Å²) < 4.78 is 23.3. The molecule has 0 saturated carbocycles. The summed E-state index contributed by atoms with van der Waals surface area (Å²) in [7, 11) is -3.02. The third kappa shape index (κ3) is 3.47. The summed E-state index contributed by atoms with van der Waals surface area (Å²) in [5.74, 6) is -0.112.